The highest BCUT2D eigenvalue weighted by molar-refractivity contribution is 6.32. The van der Waals surface area contributed by atoms with Gasteiger partial charge in [-0.25, -0.2) is 0 Å². The molecule has 0 saturated heterocycles. The molecular formula is C11H12ClNO2. The minimum absolute atomic E-state index is 0.0161. The van der Waals surface area contributed by atoms with Crippen molar-refractivity contribution in [1.82, 2.24) is 5.32 Å². The number of hydrogen-bond acceptors (Lipinski definition) is 2. The van der Waals surface area contributed by atoms with E-state index >= 15 is 0 Å². The molecule has 0 aliphatic carbocycles. The summed E-state index contributed by atoms with van der Waals surface area (Å²) in [7, 11) is 1.60. The molecule has 3 nitrogen and oxygen atoms in total. The van der Waals surface area contributed by atoms with Crippen molar-refractivity contribution < 1.29 is 9.59 Å². The monoisotopic (exact) mass is 225 g/mol. The average Bonchev–Trinajstić information content (AvgIpc) is 2.27. The van der Waals surface area contributed by atoms with Gasteiger partial charge in [0.2, 0.25) is 5.91 Å². The molecule has 1 aromatic rings. The zero-order valence-corrected chi connectivity index (χ0v) is 9.17. The fourth-order valence-electron chi connectivity index (χ4n) is 1.22. The average molecular weight is 226 g/mol. The van der Waals surface area contributed by atoms with Crippen LogP contribution < -0.4 is 5.32 Å². The number of aldehydes is 1. The van der Waals surface area contributed by atoms with Gasteiger partial charge < -0.3 is 5.32 Å². The minimum Gasteiger partial charge on any atom is -0.359 e. The molecule has 0 bridgehead atoms. The zero-order chi connectivity index (χ0) is 11.3. The van der Waals surface area contributed by atoms with Crippen LogP contribution in [-0.2, 0) is 11.2 Å². The van der Waals surface area contributed by atoms with Gasteiger partial charge in [-0.15, -0.1) is 0 Å². The highest BCUT2D eigenvalue weighted by atomic mass is 35.5. The molecule has 1 rings (SSSR count). The van der Waals surface area contributed by atoms with Gasteiger partial charge >= 0.3 is 0 Å². The molecule has 80 valence electrons. The Morgan fingerprint density at radius 2 is 2.27 bits per heavy atom. The van der Waals surface area contributed by atoms with Gasteiger partial charge in [-0.3, -0.25) is 9.59 Å². The number of aryl methyl sites for hydroxylation is 1. The van der Waals surface area contributed by atoms with Crippen molar-refractivity contribution in [2.24, 2.45) is 0 Å². The molecule has 1 N–H and O–H groups in total. The molecule has 0 radical (unpaired) electrons. The van der Waals surface area contributed by atoms with Crippen molar-refractivity contribution in [2.45, 2.75) is 12.8 Å². The van der Waals surface area contributed by atoms with Crippen molar-refractivity contribution >= 4 is 23.8 Å². The van der Waals surface area contributed by atoms with Crippen molar-refractivity contribution in [2.75, 3.05) is 7.05 Å². The van der Waals surface area contributed by atoms with Gasteiger partial charge in [-0.2, -0.15) is 0 Å². The van der Waals surface area contributed by atoms with E-state index in [-0.39, 0.29) is 5.91 Å². The number of hydrogen-bond donors (Lipinski definition) is 1. The summed E-state index contributed by atoms with van der Waals surface area (Å²) >= 11 is 5.78. The first-order valence-electron chi connectivity index (χ1n) is 4.61. The quantitative estimate of drug-likeness (QED) is 0.795. The van der Waals surface area contributed by atoms with Crippen LogP contribution in [0.3, 0.4) is 0 Å². The Morgan fingerprint density at radius 3 is 2.87 bits per heavy atom. The van der Waals surface area contributed by atoms with Crippen LogP contribution >= 0.6 is 11.6 Å². The largest absolute Gasteiger partial charge is 0.359 e. The van der Waals surface area contributed by atoms with E-state index in [1.54, 1.807) is 19.2 Å². The molecule has 0 aliphatic rings. The smallest absolute Gasteiger partial charge is 0.220 e. The zero-order valence-electron chi connectivity index (χ0n) is 8.42. The first kappa shape index (κ1) is 11.7. The number of amides is 1. The maximum Gasteiger partial charge on any atom is 0.220 e. The van der Waals surface area contributed by atoms with Crippen molar-refractivity contribution in [3.8, 4) is 0 Å². The third kappa shape index (κ3) is 3.36. The maximum absolute atomic E-state index is 11.0. The van der Waals surface area contributed by atoms with E-state index in [4.69, 9.17) is 11.6 Å². The molecule has 1 amide bonds. The van der Waals surface area contributed by atoms with E-state index < -0.39 is 0 Å². The molecule has 0 atom stereocenters. The van der Waals surface area contributed by atoms with E-state index in [1.165, 1.54) is 0 Å². The SMILES string of the molecule is CNC(=O)CCc1ccc(Cl)c(C=O)c1. The molecule has 0 fully saturated rings. The Morgan fingerprint density at radius 1 is 1.53 bits per heavy atom. The lowest BCUT2D eigenvalue weighted by molar-refractivity contribution is -0.120. The van der Waals surface area contributed by atoms with Crippen LogP contribution in [0, 0.1) is 0 Å². The van der Waals surface area contributed by atoms with Crippen LogP contribution in [-0.4, -0.2) is 19.2 Å². The van der Waals surface area contributed by atoms with Gasteiger partial charge in [0.05, 0.1) is 5.02 Å². The molecule has 4 heteroatoms. The molecule has 0 heterocycles. The molecule has 0 aromatic heterocycles. The lowest BCUT2D eigenvalue weighted by Gasteiger charge is -2.03. The van der Waals surface area contributed by atoms with Gasteiger partial charge in [0, 0.05) is 19.0 Å². The number of carbonyl (C=O) groups is 2. The maximum atomic E-state index is 11.0. The third-order valence-electron chi connectivity index (χ3n) is 2.11. The fourth-order valence-corrected chi connectivity index (χ4v) is 1.38. The van der Waals surface area contributed by atoms with Crippen LogP contribution in [0.5, 0.6) is 0 Å². The summed E-state index contributed by atoms with van der Waals surface area (Å²) in [5.74, 6) is -0.0161. The summed E-state index contributed by atoms with van der Waals surface area (Å²) in [6, 6.07) is 5.20. The highest BCUT2D eigenvalue weighted by Gasteiger charge is 2.03. The number of halogens is 1. The van der Waals surface area contributed by atoms with Crippen molar-refractivity contribution in [3.05, 3.63) is 34.3 Å². The van der Waals surface area contributed by atoms with Gasteiger partial charge in [-0.05, 0) is 24.1 Å². The first-order valence-corrected chi connectivity index (χ1v) is 4.99. The number of benzene rings is 1. The summed E-state index contributed by atoms with van der Waals surface area (Å²) < 4.78 is 0. The van der Waals surface area contributed by atoms with Crippen LogP contribution in [0.1, 0.15) is 22.3 Å². The Kier molecular flexibility index (Phi) is 4.31. The molecular weight excluding hydrogens is 214 g/mol. The highest BCUT2D eigenvalue weighted by Crippen LogP contribution is 2.16. The second-order valence-electron chi connectivity index (χ2n) is 3.15. The summed E-state index contributed by atoms with van der Waals surface area (Å²) in [5, 5.41) is 2.98. The van der Waals surface area contributed by atoms with E-state index in [1.807, 2.05) is 6.07 Å². The van der Waals surface area contributed by atoms with Gasteiger partial charge in [0.25, 0.3) is 0 Å². The lowest BCUT2D eigenvalue weighted by atomic mass is 10.1. The van der Waals surface area contributed by atoms with Gasteiger partial charge in [0.1, 0.15) is 0 Å². The molecule has 15 heavy (non-hydrogen) atoms. The van der Waals surface area contributed by atoms with E-state index in [2.05, 4.69) is 5.32 Å². The standard InChI is InChI=1S/C11H12ClNO2/c1-13-11(15)5-3-8-2-4-10(12)9(6-8)7-14/h2,4,6-7H,3,5H2,1H3,(H,13,15). The Bertz CT molecular complexity index is 377. The molecule has 0 saturated carbocycles. The molecule has 0 aliphatic heterocycles. The normalized spacial score (nSPS) is 9.73. The predicted molar refractivity (Wildman–Crippen MR) is 59.2 cm³/mol. The molecule has 0 unspecified atom stereocenters. The minimum atomic E-state index is -0.0161. The molecule has 1 aromatic carbocycles. The van der Waals surface area contributed by atoms with E-state index in [0.717, 1.165) is 5.56 Å². The fraction of sp³-hybridized carbons (Fsp3) is 0.273. The summed E-state index contributed by atoms with van der Waals surface area (Å²) in [4.78, 5) is 21.6. The second-order valence-corrected chi connectivity index (χ2v) is 3.55. The number of rotatable bonds is 4. The predicted octanol–water partition coefficient (Wildman–Crippen LogP) is 1.83. The summed E-state index contributed by atoms with van der Waals surface area (Å²) in [6.07, 6.45) is 1.74. The third-order valence-corrected chi connectivity index (χ3v) is 2.45. The second kappa shape index (κ2) is 5.51. The van der Waals surface area contributed by atoms with Crippen LogP contribution in [0.4, 0.5) is 0 Å². The van der Waals surface area contributed by atoms with Crippen molar-refractivity contribution in [1.29, 1.82) is 0 Å². The molecule has 0 spiro atoms. The van der Waals surface area contributed by atoms with Crippen LogP contribution in [0.15, 0.2) is 18.2 Å². The lowest BCUT2D eigenvalue weighted by Crippen LogP contribution is -2.17. The van der Waals surface area contributed by atoms with E-state index in [9.17, 15) is 9.59 Å². The number of carbonyl (C=O) groups excluding carboxylic acids is 2. The van der Waals surface area contributed by atoms with E-state index in [0.29, 0.717) is 29.7 Å². The summed E-state index contributed by atoms with van der Waals surface area (Å²) in [6.45, 7) is 0. The van der Waals surface area contributed by atoms with Gasteiger partial charge in [-0.1, -0.05) is 17.7 Å². The Hall–Kier alpha value is -1.35. The number of nitrogens with one attached hydrogen (secondary N) is 1. The summed E-state index contributed by atoms with van der Waals surface area (Å²) in [5.41, 5.74) is 1.40. The van der Waals surface area contributed by atoms with Crippen molar-refractivity contribution in [3.63, 3.8) is 0 Å². The topological polar surface area (TPSA) is 46.2 Å². The van der Waals surface area contributed by atoms with Gasteiger partial charge in [0.15, 0.2) is 6.29 Å². The Labute approximate surface area is 93.4 Å². The van der Waals surface area contributed by atoms with Crippen LogP contribution in [0.2, 0.25) is 5.02 Å². The Balaban J connectivity index is 2.70. The van der Waals surface area contributed by atoms with Crippen LogP contribution in [0.25, 0.3) is 0 Å². The first-order chi connectivity index (χ1) is 7.17.